The van der Waals surface area contributed by atoms with Gasteiger partial charge in [-0.3, -0.25) is 0 Å². The first-order valence-corrected chi connectivity index (χ1v) is 6.85. The van der Waals surface area contributed by atoms with Gasteiger partial charge in [-0.15, -0.1) is 13.2 Å². The first kappa shape index (κ1) is 15.9. The Morgan fingerprint density at radius 1 is 0.875 bits per heavy atom. The Balaban J connectivity index is 2.01. The molecule has 0 radical (unpaired) electrons. The highest BCUT2D eigenvalue weighted by atomic mass is 19.4. The van der Waals surface area contributed by atoms with E-state index < -0.39 is 12.2 Å². The molecular formula is C17H10F4N2O. The van der Waals surface area contributed by atoms with E-state index in [9.17, 15) is 17.6 Å². The molecule has 0 atom stereocenters. The van der Waals surface area contributed by atoms with Crippen LogP contribution >= 0.6 is 0 Å². The van der Waals surface area contributed by atoms with E-state index in [0.29, 0.717) is 16.8 Å². The summed E-state index contributed by atoms with van der Waals surface area (Å²) in [6, 6.07) is 11.3. The van der Waals surface area contributed by atoms with Crippen molar-refractivity contribution in [1.82, 2.24) is 9.97 Å². The standard InChI is InChI=1S/C17H10F4N2O/c18-15-4-2-1-3-13(15)16-14(9-22-10-23-16)11-5-7-12(8-6-11)24-17(19,20)21/h1-10H. The second kappa shape index (κ2) is 6.27. The van der Waals surface area contributed by atoms with Crippen molar-refractivity contribution in [2.24, 2.45) is 0 Å². The molecule has 0 amide bonds. The molecule has 0 saturated heterocycles. The minimum absolute atomic E-state index is 0.283. The number of nitrogens with zero attached hydrogens (tertiary/aromatic N) is 2. The van der Waals surface area contributed by atoms with Gasteiger partial charge in [-0.25, -0.2) is 14.4 Å². The van der Waals surface area contributed by atoms with E-state index in [1.807, 2.05) is 0 Å². The highest BCUT2D eigenvalue weighted by Crippen LogP contribution is 2.32. The molecule has 0 fully saturated rings. The molecule has 0 aliphatic rings. The molecule has 0 N–H and O–H groups in total. The Hall–Kier alpha value is -2.96. The van der Waals surface area contributed by atoms with Gasteiger partial charge in [-0.1, -0.05) is 24.3 Å². The molecule has 0 unspecified atom stereocenters. The predicted molar refractivity (Wildman–Crippen MR) is 79.5 cm³/mol. The third-order valence-electron chi connectivity index (χ3n) is 3.24. The quantitative estimate of drug-likeness (QED) is 0.642. The molecule has 3 nitrogen and oxygen atoms in total. The molecule has 0 saturated carbocycles. The Morgan fingerprint density at radius 3 is 2.25 bits per heavy atom. The minimum atomic E-state index is -4.75. The molecule has 3 rings (SSSR count). The molecule has 1 aromatic heterocycles. The molecule has 2 aromatic carbocycles. The van der Waals surface area contributed by atoms with E-state index >= 15 is 0 Å². The highest BCUT2D eigenvalue weighted by Gasteiger charge is 2.31. The summed E-state index contributed by atoms with van der Waals surface area (Å²) >= 11 is 0. The number of benzene rings is 2. The van der Waals surface area contributed by atoms with Crippen LogP contribution in [0, 0.1) is 5.82 Å². The van der Waals surface area contributed by atoms with Crippen LogP contribution in [0.3, 0.4) is 0 Å². The number of hydrogen-bond acceptors (Lipinski definition) is 3. The Morgan fingerprint density at radius 2 is 1.58 bits per heavy atom. The fourth-order valence-corrected chi connectivity index (χ4v) is 2.24. The number of halogens is 4. The molecule has 0 aliphatic heterocycles. The summed E-state index contributed by atoms with van der Waals surface area (Å²) in [7, 11) is 0. The van der Waals surface area contributed by atoms with Crippen molar-refractivity contribution in [3.63, 3.8) is 0 Å². The van der Waals surface area contributed by atoms with Crippen molar-refractivity contribution in [3.05, 3.63) is 66.9 Å². The van der Waals surface area contributed by atoms with Crippen molar-refractivity contribution < 1.29 is 22.3 Å². The van der Waals surface area contributed by atoms with Gasteiger partial charge in [0.05, 0.1) is 5.69 Å². The molecule has 3 aromatic rings. The maximum absolute atomic E-state index is 14.0. The van der Waals surface area contributed by atoms with E-state index in [4.69, 9.17) is 0 Å². The molecule has 7 heteroatoms. The zero-order valence-electron chi connectivity index (χ0n) is 12.1. The van der Waals surface area contributed by atoms with E-state index in [1.165, 1.54) is 42.9 Å². The zero-order chi connectivity index (χ0) is 17.2. The minimum Gasteiger partial charge on any atom is -0.406 e. The van der Waals surface area contributed by atoms with E-state index in [2.05, 4.69) is 14.7 Å². The van der Waals surface area contributed by atoms with E-state index in [1.54, 1.807) is 18.2 Å². The normalized spacial score (nSPS) is 11.3. The van der Waals surface area contributed by atoms with Crippen molar-refractivity contribution in [1.29, 1.82) is 0 Å². The van der Waals surface area contributed by atoms with Gasteiger partial charge in [0.15, 0.2) is 0 Å². The number of hydrogen-bond donors (Lipinski definition) is 0. The second-order valence-corrected chi connectivity index (χ2v) is 4.84. The maximum Gasteiger partial charge on any atom is 0.573 e. The van der Waals surface area contributed by atoms with Crippen LogP contribution in [0.1, 0.15) is 0 Å². The topological polar surface area (TPSA) is 35.0 Å². The SMILES string of the molecule is Fc1ccccc1-c1ncncc1-c1ccc(OC(F)(F)F)cc1. The van der Waals surface area contributed by atoms with Crippen LogP contribution < -0.4 is 4.74 Å². The Bertz CT molecular complexity index is 848. The molecule has 0 aliphatic carbocycles. The molecule has 1 heterocycles. The maximum atomic E-state index is 14.0. The fourth-order valence-electron chi connectivity index (χ4n) is 2.24. The molecule has 0 bridgehead atoms. The lowest BCUT2D eigenvalue weighted by Gasteiger charge is -2.11. The van der Waals surface area contributed by atoms with Gasteiger partial charge in [0.25, 0.3) is 0 Å². The van der Waals surface area contributed by atoms with Gasteiger partial charge in [-0.2, -0.15) is 0 Å². The van der Waals surface area contributed by atoms with Gasteiger partial charge in [0.1, 0.15) is 17.9 Å². The van der Waals surface area contributed by atoms with Crippen LogP contribution in [0.15, 0.2) is 61.1 Å². The van der Waals surface area contributed by atoms with Crippen LogP contribution in [0.5, 0.6) is 5.75 Å². The molecule has 0 spiro atoms. The average molecular weight is 334 g/mol. The lowest BCUT2D eigenvalue weighted by molar-refractivity contribution is -0.274. The summed E-state index contributed by atoms with van der Waals surface area (Å²) in [5, 5.41) is 0. The Labute approximate surface area is 134 Å². The summed E-state index contributed by atoms with van der Waals surface area (Å²) < 4.78 is 54.5. The second-order valence-electron chi connectivity index (χ2n) is 4.84. The van der Waals surface area contributed by atoms with E-state index in [-0.39, 0.29) is 11.3 Å². The summed E-state index contributed by atoms with van der Waals surface area (Å²) in [5.74, 6) is -0.787. The third-order valence-corrected chi connectivity index (χ3v) is 3.24. The van der Waals surface area contributed by atoms with Crippen LogP contribution in [0.4, 0.5) is 17.6 Å². The molecular weight excluding hydrogens is 324 g/mol. The summed E-state index contributed by atoms with van der Waals surface area (Å²) in [4.78, 5) is 8.02. The third kappa shape index (κ3) is 3.51. The number of aromatic nitrogens is 2. The van der Waals surface area contributed by atoms with Gasteiger partial charge in [0, 0.05) is 17.3 Å². The molecule has 24 heavy (non-hydrogen) atoms. The van der Waals surface area contributed by atoms with Gasteiger partial charge in [0.2, 0.25) is 0 Å². The first-order chi connectivity index (χ1) is 11.4. The van der Waals surface area contributed by atoms with Crippen molar-refractivity contribution >= 4 is 0 Å². The number of alkyl halides is 3. The predicted octanol–water partition coefficient (Wildman–Crippen LogP) is 4.85. The summed E-state index contributed by atoms with van der Waals surface area (Å²) in [6.07, 6.45) is -1.99. The number of ether oxygens (including phenoxy) is 1. The van der Waals surface area contributed by atoms with Crippen LogP contribution in [0.25, 0.3) is 22.4 Å². The van der Waals surface area contributed by atoms with Crippen molar-refractivity contribution in [2.75, 3.05) is 0 Å². The first-order valence-electron chi connectivity index (χ1n) is 6.85. The van der Waals surface area contributed by atoms with Gasteiger partial charge < -0.3 is 4.74 Å². The fraction of sp³-hybridized carbons (Fsp3) is 0.0588. The molecule has 122 valence electrons. The highest BCUT2D eigenvalue weighted by molar-refractivity contribution is 5.80. The largest absolute Gasteiger partial charge is 0.573 e. The monoisotopic (exact) mass is 334 g/mol. The van der Waals surface area contributed by atoms with E-state index in [0.717, 1.165) is 0 Å². The lowest BCUT2D eigenvalue weighted by Crippen LogP contribution is -2.16. The van der Waals surface area contributed by atoms with Crippen LogP contribution in [-0.4, -0.2) is 16.3 Å². The van der Waals surface area contributed by atoms with Crippen molar-refractivity contribution in [3.8, 4) is 28.1 Å². The zero-order valence-corrected chi connectivity index (χ0v) is 12.1. The lowest BCUT2D eigenvalue weighted by atomic mass is 10.0. The number of rotatable bonds is 3. The Kier molecular flexibility index (Phi) is 4.16. The average Bonchev–Trinajstić information content (AvgIpc) is 2.55. The smallest absolute Gasteiger partial charge is 0.406 e. The van der Waals surface area contributed by atoms with Crippen LogP contribution in [-0.2, 0) is 0 Å². The summed E-state index contributed by atoms with van der Waals surface area (Å²) in [5.41, 5.74) is 1.68. The summed E-state index contributed by atoms with van der Waals surface area (Å²) in [6.45, 7) is 0. The van der Waals surface area contributed by atoms with Gasteiger partial charge >= 0.3 is 6.36 Å². The van der Waals surface area contributed by atoms with Crippen molar-refractivity contribution in [2.45, 2.75) is 6.36 Å². The van der Waals surface area contributed by atoms with Gasteiger partial charge in [-0.05, 0) is 29.8 Å². The van der Waals surface area contributed by atoms with Crippen LogP contribution in [0.2, 0.25) is 0 Å².